The molecule has 0 fully saturated rings. The molecule has 0 aliphatic heterocycles. The van der Waals surface area contributed by atoms with Gasteiger partial charge in [-0.2, -0.15) is 0 Å². The lowest BCUT2D eigenvalue weighted by molar-refractivity contribution is -0.157. The fraction of sp³-hybridized carbons (Fsp3) is 0.429. The van der Waals surface area contributed by atoms with E-state index in [1.807, 2.05) is 0 Å². The second kappa shape index (κ2) is 5.47. The van der Waals surface area contributed by atoms with Crippen LogP contribution in [0.15, 0.2) is 18.2 Å². The Kier molecular flexibility index (Phi) is 4.39. The highest BCUT2D eigenvalue weighted by atomic mass is 19.1. The standard InChI is InChI=1S/C14H16F2O3/c1-8(13(18)19-14(2,3)4)12(17)9-5-10(15)7-11(16)6-9/h5-8H,1-4H3. The van der Waals surface area contributed by atoms with Crippen molar-refractivity contribution in [3.63, 3.8) is 0 Å². The fourth-order valence-electron chi connectivity index (χ4n) is 1.44. The molecule has 0 bridgehead atoms. The number of hydrogen-bond donors (Lipinski definition) is 0. The van der Waals surface area contributed by atoms with E-state index in [1.54, 1.807) is 20.8 Å². The number of Topliss-reactive ketones (excluding diaryl/α,β-unsaturated/α-hetero) is 1. The van der Waals surface area contributed by atoms with Crippen LogP contribution in [-0.4, -0.2) is 17.4 Å². The maximum Gasteiger partial charge on any atom is 0.317 e. The Bertz CT molecular complexity index is 484. The Balaban J connectivity index is 2.90. The number of hydrogen-bond acceptors (Lipinski definition) is 3. The van der Waals surface area contributed by atoms with E-state index >= 15 is 0 Å². The number of carbonyl (C=O) groups excluding carboxylic acids is 2. The first kappa shape index (κ1) is 15.3. The monoisotopic (exact) mass is 270 g/mol. The highest BCUT2D eigenvalue weighted by Gasteiger charge is 2.28. The second-order valence-corrected chi connectivity index (χ2v) is 5.28. The van der Waals surface area contributed by atoms with Crippen molar-refractivity contribution >= 4 is 11.8 Å². The lowest BCUT2D eigenvalue weighted by atomic mass is 9.99. The first-order valence-electron chi connectivity index (χ1n) is 5.83. The van der Waals surface area contributed by atoms with Gasteiger partial charge in [-0.15, -0.1) is 0 Å². The van der Waals surface area contributed by atoms with Crippen LogP contribution in [0.1, 0.15) is 38.1 Å². The van der Waals surface area contributed by atoms with Crippen LogP contribution >= 0.6 is 0 Å². The van der Waals surface area contributed by atoms with E-state index in [0.717, 1.165) is 12.1 Å². The number of rotatable bonds is 3. The molecule has 104 valence electrons. The SMILES string of the molecule is CC(C(=O)OC(C)(C)C)C(=O)c1cc(F)cc(F)c1. The Hall–Kier alpha value is -1.78. The molecule has 0 heterocycles. The van der Waals surface area contributed by atoms with Gasteiger partial charge >= 0.3 is 5.97 Å². The van der Waals surface area contributed by atoms with E-state index in [2.05, 4.69) is 0 Å². The van der Waals surface area contributed by atoms with Crippen LogP contribution in [0, 0.1) is 17.6 Å². The third kappa shape index (κ3) is 4.43. The van der Waals surface area contributed by atoms with E-state index in [0.29, 0.717) is 6.07 Å². The van der Waals surface area contributed by atoms with Gasteiger partial charge in [-0.25, -0.2) is 8.78 Å². The molecule has 3 nitrogen and oxygen atoms in total. The maximum absolute atomic E-state index is 13.0. The average Bonchev–Trinajstić information content (AvgIpc) is 2.23. The van der Waals surface area contributed by atoms with E-state index in [9.17, 15) is 18.4 Å². The zero-order valence-electron chi connectivity index (χ0n) is 11.3. The Labute approximate surface area is 110 Å². The molecule has 1 unspecified atom stereocenters. The summed E-state index contributed by atoms with van der Waals surface area (Å²) in [5, 5.41) is 0. The molecule has 5 heteroatoms. The molecule has 0 spiro atoms. The number of benzene rings is 1. The molecule has 1 atom stereocenters. The van der Waals surface area contributed by atoms with Crippen LogP contribution in [0.2, 0.25) is 0 Å². The summed E-state index contributed by atoms with van der Waals surface area (Å²) in [6.45, 7) is 6.36. The molecule has 0 amide bonds. The Morgan fingerprint density at radius 3 is 2.00 bits per heavy atom. The molecule has 1 aromatic carbocycles. The van der Waals surface area contributed by atoms with Gasteiger partial charge in [0.15, 0.2) is 5.78 Å². The molecule has 0 aromatic heterocycles. The third-order valence-electron chi connectivity index (χ3n) is 2.30. The molecule has 1 aromatic rings. The van der Waals surface area contributed by atoms with Gasteiger partial charge < -0.3 is 4.74 Å². The summed E-state index contributed by atoms with van der Waals surface area (Å²) in [4.78, 5) is 23.7. The number of carbonyl (C=O) groups is 2. The summed E-state index contributed by atoms with van der Waals surface area (Å²) in [5.74, 6) is -4.23. The minimum Gasteiger partial charge on any atom is -0.459 e. The maximum atomic E-state index is 13.0. The van der Waals surface area contributed by atoms with Gasteiger partial charge in [0.1, 0.15) is 23.2 Å². The molecule has 0 aliphatic rings. The van der Waals surface area contributed by atoms with Gasteiger partial charge in [0.25, 0.3) is 0 Å². The Morgan fingerprint density at radius 1 is 1.11 bits per heavy atom. The molecule has 0 radical (unpaired) electrons. The van der Waals surface area contributed by atoms with Crippen LogP contribution in [0.3, 0.4) is 0 Å². The predicted octanol–water partition coefficient (Wildman–Crippen LogP) is 3.13. The van der Waals surface area contributed by atoms with E-state index in [-0.39, 0.29) is 5.56 Å². The molecule has 19 heavy (non-hydrogen) atoms. The molecule has 1 rings (SSSR count). The van der Waals surface area contributed by atoms with Crippen molar-refractivity contribution in [3.8, 4) is 0 Å². The van der Waals surface area contributed by atoms with Crippen molar-refractivity contribution in [1.29, 1.82) is 0 Å². The van der Waals surface area contributed by atoms with Gasteiger partial charge in [-0.1, -0.05) is 0 Å². The molecule has 0 N–H and O–H groups in total. The lowest BCUT2D eigenvalue weighted by Gasteiger charge is -2.21. The van der Waals surface area contributed by atoms with Crippen molar-refractivity contribution in [2.24, 2.45) is 5.92 Å². The fourth-order valence-corrected chi connectivity index (χ4v) is 1.44. The summed E-state index contributed by atoms with van der Waals surface area (Å²) in [6, 6.07) is 2.45. The zero-order valence-corrected chi connectivity index (χ0v) is 11.3. The van der Waals surface area contributed by atoms with Crippen molar-refractivity contribution in [2.75, 3.05) is 0 Å². The summed E-state index contributed by atoms with van der Waals surface area (Å²) < 4.78 is 31.1. The molecule has 0 aliphatic carbocycles. The quantitative estimate of drug-likeness (QED) is 0.481. The topological polar surface area (TPSA) is 43.4 Å². The van der Waals surface area contributed by atoms with Crippen molar-refractivity contribution < 1.29 is 23.1 Å². The van der Waals surface area contributed by atoms with E-state index < -0.39 is 34.9 Å². The average molecular weight is 270 g/mol. The summed E-state index contributed by atoms with van der Waals surface area (Å²) in [7, 11) is 0. The number of ether oxygens (including phenoxy) is 1. The van der Waals surface area contributed by atoms with E-state index in [1.165, 1.54) is 6.92 Å². The number of esters is 1. The number of ketones is 1. The first-order valence-corrected chi connectivity index (χ1v) is 5.83. The van der Waals surface area contributed by atoms with Crippen molar-refractivity contribution in [2.45, 2.75) is 33.3 Å². The highest BCUT2D eigenvalue weighted by molar-refractivity contribution is 6.08. The van der Waals surface area contributed by atoms with Gasteiger partial charge in [0.2, 0.25) is 0 Å². The van der Waals surface area contributed by atoms with Crippen LogP contribution in [0.5, 0.6) is 0 Å². The van der Waals surface area contributed by atoms with Gasteiger partial charge in [-0.05, 0) is 39.8 Å². The minimum absolute atomic E-state index is 0.184. The first-order chi connectivity index (χ1) is 8.60. The summed E-state index contributed by atoms with van der Waals surface area (Å²) in [5.41, 5.74) is -0.908. The highest BCUT2D eigenvalue weighted by Crippen LogP contribution is 2.17. The normalized spacial score (nSPS) is 12.9. The zero-order chi connectivity index (χ0) is 14.8. The second-order valence-electron chi connectivity index (χ2n) is 5.28. The molecule has 0 saturated heterocycles. The summed E-state index contributed by atoms with van der Waals surface area (Å²) >= 11 is 0. The van der Waals surface area contributed by atoms with Crippen LogP contribution in [-0.2, 0) is 9.53 Å². The molecule has 0 saturated carbocycles. The van der Waals surface area contributed by atoms with Crippen LogP contribution in [0.4, 0.5) is 8.78 Å². The minimum atomic E-state index is -1.11. The van der Waals surface area contributed by atoms with Gasteiger partial charge in [0.05, 0.1) is 0 Å². The van der Waals surface area contributed by atoms with Gasteiger partial charge in [0, 0.05) is 11.6 Å². The van der Waals surface area contributed by atoms with Crippen LogP contribution in [0.25, 0.3) is 0 Å². The summed E-state index contributed by atoms with van der Waals surface area (Å²) in [6.07, 6.45) is 0. The Morgan fingerprint density at radius 2 is 1.58 bits per heavy atom. The van der Waals surface area contributed by atoms with Crippen LogP contribution < -0.4 is 0 Å². The smallest absolute Gasteiger partial charge is 0.317 e. The van der Waals surface area contributed by atoms with Crippen molar-refractivity contribution in [1.82, 2.24) is 0 Å². The third-order valence-corrected chi connectivity index (χ3v) is 2.30. The lowest BCUT2D eigenvalue weighted by Crippen LogP contribution is -2.31. The molecular weight excluding hydrogens is 254 g/mol. The van der Waals surface area contributed by atoms with Gasteiger partial charge in [-0.3, -0.25) is 9.59 Å². The predicted molar refractivity (Wildman–Crippen MR) is 65.7 cm³/mol. The largest absolute Gasteiger partial charge is 0.459 e. The van der Waals surface area contributed by atoms with E-state index in [4.69, 9.17) is 4.74 Å². The van der Waals surface area contributed by atoms with Crippen molar-refractivity contribution in [3.05, 3.63) is 35.4 Å². The molecular formula is C14H16F2O3. The number of halogens is 2.